The molecule has 1 aliphatic heterocycles. The van der Waals surface area contributed by atoms with Crippen LogP contribution in [0.3, 0.4) is 0 Å². The lowest BCUT2D eigenvalue weighted by atomic mass is 9.96. The van der Waals surface area contributed by atoms with E-state index < -0.39 is 36.1 Å². The Morgan fingerprint density at radius 3 is 2.28 bits per heavy atom. The van der Waals surface area contributed by atoms with Crippen LogP contribution in [0.1, 0.15) is 80.3 Å². The van der Waals surface area contributed by atoms with Crippen molar-refractivity contribution in [1.82, 2.24) is 35.9 Å². The van der Waals surface area contributed by atoms with E-state index in [9.17, 15) is 9.59 Å². The number of benzene rings is 3. The third-order valence-electron chi connectivity index (χ3n) is 11.2. The van der Waals surface area contributed by atoms with Crippen molar-refractivity contribution in [2.45, 2.75) is 75.6 Å². The highest BCUT2D eigenvalue weighted by Crippen LogP contribution is 2.52. The molecule has 0 spiro atoms. The molecule has 2 aliphatic carbocycles. The summed E-state index contributed by atoms with van der Waals surface area (Å²) in [4.78, 5) is 41.8. The number of H-pyrrole nitrogens is 2. The highest BCUT2D eigenvalue weighted by Gasteiger charge is 2.45. The van der Waals surface area contributed by atoms with Gasteiger partial charge in [0.1, 0.15) is 17.7 Å². The maximum absolute atomic E-state index is 16.3. The van der Waals surface area contributed by atoms with Gasteiger partial charge in [0.25, 0.3) is 5.92 Å². The first-order chi connectivity index (χ1) is 25.6. The highest BCUT2D eigenvalue weighted by molar-refractivity contribution is 5.88. The number of hydrogen-bond acceptors (Lipinski definition) is 7. The number of nitrogens with one attached hydrogen (secondary N) is 5. The van der Waals surface area contributed by atoms with E-state index in [4.69, 9.17) is 14.5 Å². The van der Waals surface area contributed by atoms with Crippen LogP contribution < -0.4 is 16.0 Å². The number of ether oxygens (including phenoxy) is 2. The van der Waals surface area contributed by atoms with Crippen LogP contribution in [-0.2, 0) is 20.2 Å². The topological polar surface area (TPSA) is 146 Å². The van der Waals surface area contributed by atoms with Crippen LogP contribution in [0.25, 0.3) is 44.5 Å². The average molecular weight is 724 g/mol. The molecule has 13 heteroatoms. The number of fused-ring (bicyclic) bond motifs is 4. The van der Waals surface area contributed by atoms with E-state index in [1.54, 1.807) is 37.4 Å². The van der Waals surface area contributed by atoms with Crippen LogP contribution in [0, 0.1) is 5.92 Å². The maximum atomic E-state index is 16.3. The van der Waals surface area contributed by atoms with Crippen LogP contribution in [0.4, 0.5) is 13.6 Å². The number of alkyl halides is 2. The minimum atomic E-state index is -3.19. The Labute approximate surface area is 305 Å². The van der Waals surface area contributed by atoms with E-state index in [1.165, 1.54) is 14.2 Å². The van der Waals surface area contributed by atoms with E-state index in [-0.39, 0.29) is 23.1 Å². The Morgan fingerprint density at radius 2 is 1.58 bits per heavy atom. The van der Waals surface area contributed by atoms with Crippen LogP contribution in [0.5, 0.6) is 0 Å². The maximum Gasteiger partial charge on any atom is 0.407 e. The second-order valence-electron chi connectivity index (χ2n) is 14.4. The number of carbonyl (C=O) groups excluding carboxylic acids is 2. The molecule has 3 aromatic carbocycles. The number of halogens is 2. The quantitative estimate of drug-likeness (QED) is 0.102. The Morgan fingerprint density at radius 1 is 0.887 bits per heavy atom. The van der Waals surface area contributed by atoms with Crippen molar-refractivity contribution in [3.05, 3.63) is 83.6 Å². The second-order valence-corrected chi connectivity index (χ2v) is 14.4. The van der Waals surface area contributed by atoms with Gasteiger partial charge in [-0.2, -0.15) is 8.78 Å². The van der Waals surface area contributed by atoms with E-state index in [0.717, 1.165) is 62.0 Å². The summed E-state index contributed by atoms with van der Waals surface area (Å²) in [5, 5.41) is 9.12. The van der Waals surface area contributed by atoms with Crippen LogP contribution >= 0.6 is 0 Å². The summed E-state index contributed by atoms with van der Waals surface area (Å²) in [7, 11) is 2.71. The summed E-state index contributed by atoms with van der Waals surface area (Å²) in [6.07, 6.45) is 6.34. The van der Waals surface area contributed by atoms with E-state index in [0.29, 0.717) is 39.3 Å². The van der Waals surface area contributed by atoms with Gasteiger partial charge in [-0.15, -0.1) is 0 Å². The zero-order chi connectivity index (χ0) is 36.9. The number of hydrogen-bond donors (Lipinski definition) is 5. The predicted molar refractivity (Wildman–Crippen MR) is 196 cm³/mol. The van der Waals surface area contributed by atoms with Crippen molar-refractivity contribution in [3.63, 3.8) is 0 Å². The van der Waals surface area contributed by atoms with E-state index >= 15 is 8.78 Å². The number of nitrogens with zero attached hydrogens (tertiary/aromatic N) is 2. The Bertz CT molecular complexity index is 2170. The fourth-order valence-electron chi connectivity index (χ4n) is 8.17. The molecule has 2 fully saturated rings. The first-order valence-electron chi connectivity index (χ1n) is 18.3. The number of imidazole rings is 2. The molecule has 3 aliphatic rings. The van der Waals surface area contributed by atoms with Crippen LogP contribution in [0.15, 0.2) is 60.8 Å². The summed E-state index contributed by atoms with van der Waals surface area (Å²) >= 11 is 0. The Kier molecular flexibility index (Phi) is 9.23. The van der Waals surface area contributed by atoms with Gasteiger partial charge in [0.15, 0.2) is 0 Å². The van der Waals surface area contributed by atoms with Crippen molar-refractivity contribution in [2.75, 3.05) is 20.8 Å². The fraction of sp³-hybridized carbons (Fsp3) is 0.400. The first kappa shape index (κ1) is 34.9. The monoisotopic (exact) mass is 723 g/mol. The molecule has 3 heterocycles. The molecule has 0 radical (unpaired) electrons. The third-order valence-corrected chi connectivity index (χ3v) is 11.2. The van der Waals surface area contributed by atoms with Crippen molar-refractivity contribution in [3.8, 4) is 33.5 Å². The highest BCUT2D eigenvalue weighted by atomic mass is 19.3. The van der Waals surface area contributed by atoms with Crippen LogP contribution in [0.2, 0.25) is 0 Å². The smallest absolute Gasteiger partial charge is 0.407 e. The summed E-state index contributed by atoms with van der Waals surface area (Å²) in [5.41, 5.74) is 5.20. The number of amides is 2. The van der Waals surface area contributed by atoms with Gasteiger partial charge in [0.2, 0.25) is 5.91 Å². The van der Waals surface area contributed by atoms with Gasteiger partial charge in [-0.1, -0.05) is 43.2 Å². The lowest BCUT2D eigenvalue weighted by Gasteiger charge is -2.28. The zero-order valence-corrected chi connectivity index (χ0v) is 29.9. The van der Waals surface area contributed by atoms with Gasteiger partial charge in [-0.25, -0.2) is 14.8 Å². The number of carbonyl (C=O) groups is 2. The molecular weight excluding hydrogens is 680 g/mol. The number of alkyl carbamates (subject to hydrolysis) is 1. The first-order valence-corrected chi connectivity index (χ1v) is 18.3. The Hall–Kier alpha value is -5.14. The molecule has 1 saturated carbocycles. The zero-order valence-electron chi connectivity index (χ0n) is 29.9. The molecule has 0 unspecified atom stereocenters. The molecule has 53 heavy (non-hydrogen) atoms. The molecule has 11 nitrogen and oxygen atoms in total. The van der Waals surface area contributed by atoms with Crippen molar-refractivity contribution in [2.24, 2.45) is 5.92 Å². The standard InChI is InChI=1S/C40H43F2N7O4/c1-21(52-2)34(49-39(51)53-3)38(50)48-35(22-7-4-5-8-22)37-45-30-15-12-24(19-32(30)46-37)23-10-13-26-27-14-11-25(18-29(27)40(41,42)28(26)17-23)33-20-44-36(47-33)31-9-6-16-43-31/h10-15,17-22,31,34-35,43H,4-9,16H2,1-3H3,(H,44,47)(H,45,46)(H,48,50)(H,49,51)/t21-,31+,34+,35+/m1/s1. The van der Waals surface area contributed by atoms with Crippen molar-refractivity contribution < 1.29 is 27.8 Å². The molecule has 5 aromatic rings. The molecule has 0 bridgehead atoms. The third kappa shape index (κ3) is 6.46. The average Bonchev–Trinajstić information content (AvgIpc) is 4.03. The number of aromatic amines is 2. The summed E-state index contributed by atoms with van der Waals surface area (Å²) < 4.78 is 42.7. The van der Waals surface area contributed by atoms with E-state index in [1.807, 2.05) is 30.3 Å². The van der Waals surface area contributed by atoms with Gasteiger partial charge in [0, 0.05) is 23.8 Å². The van der Waals surface area contributed by atoms with Gasteiger partial charge in [0.05, 0.1) is 48.2 Å². The largest absolute Gasteiger partial charge is 0.453 e. The molecular formula is C40H43F2N7O4. The SMILES string of the molecule is COC(=O)N[C@H](C(=O)N[C@H](c1nc2ccc(-c3ccc4c(c3)C(F)(F)c3cc(-c5cnc([C@@H]6CCCN6)[nH]5)ccc3-4)cc2[nH]1)C1CCCC1)[C@@H](C)OC. The summed E-state index contributed by atoms with van der Waals surface area (Å²) in [5.74, 6) is -2.04. The minimum Gasteiger partial charge on any atom is -0.453 e. The van der Waals surface area contributed by atoms with Crippen molar-refractivity contribution >= 4 is 23.0 Å². The normalized spacial score (nSPS) is 19.5. The van der Waals surface area contributed by atoms with Gasteiger partial charge >= 0.3 is 6.09 Å². The summed E-state index contributed by atoms with van der Waals surface area (Å²) in [6, 6.07) is 14.8. The van der Waals surface area contributed by atoms with E-state index in [2.05, 4.69) is 30.9 Å². The van der Waals surface area contributed by atoms with Gasteiger partial charge in [-0.3, -0.25) is 4.79 Å². The molecule has 5 N–H and O–H groups in total. The molecule has 276 valence electrons. The Balaban J connectivity index is 1.06. The number of methoxy groups -OCH3 is 2. The predicted octanol–water partition coefficient (Wildman–Crippen LogP) is 7.27. The molecule has 2 aromatic heterocycles. The lowest BCUT2D eigenvalue weighted by Crippen LogP contribution is -2.54. The van der Waals surface area contributed by atoms with Crippen LogP contribution in [-0.4, -0.2) is 64.8 Å². The number of rotatable bonds is 10. The minimum absolute atomic E-state index is 0.0186. The van der Waals surface area contributed by atoms with Crippen molar-refractivity contribution in [1.29, 1.82) is 0 Å². The number of aromatic nitrogens is 4. The molecule has 4 atom stereocenters. The molecule has 1 saturated heterocycles. The fourth-order valence-corrected chi connectivity index (χ4v) is 8.17. The van der Waals surface area contributed by atoms with Gasteiger partial charge < -0.3 is 35.4 Å². The van der Waals surface area contributed by atoms with Gasteiger partial charge in [-0.05, 0) is 91.6 Å². The lowest BCUT2D eigenvalue weighted by molar-refractivity contribution is -0.127. The second kappa shape index (κ2) is 14.0. The molecule has 8 rings (SSSR count). The molecule has 2 amide bonds. The summed E-state index contributed by atoms with van der Waals surface area (Å²) in [6.45, 7) is 2.64.